The van der Waals surface area contributed by atoms with E-state index in [1.54, 1.807) is 24.3 Å². The van der Waals surface area contributed by atoms with Gasteiger partial charge in [0.15, 0.2) is 0 Å². The number of nitrogens with one attached hydrogen (secondary N) is 1. The van der Waals surface area contributed by atoms with Gasteiger partial charge in [-0.15, -0.1) is 0 Å². The normalized spacial score (nSPS) is 10.8. The molecule has 21 heavy (non-hydrogen) atoms. The number of nitrogens with two attached hydrogens (primary N) is 1. The predicted octanol–water partition coefficient (Wildman–Crippen LogP) is 3.49. The molecule has 0 aliphatic heterocycles. The standard InChI is InChI=1S/C14H11ClN4OS/c1-7-2-3-8(10(16)6-7)14(20)17-12-9(15)4-5-11-13(12)19-21-18-11/h2-6H,16H2,1H3,(H,17,20). The molecule has 0 saturated carbocycles. The van der Waals surface area contributed by atoms with Gasteiger partial charge in [-0.2, -0.15) is 8.75 Å². The summed E-state index contributed by atoms with van der Waals surface area (Å²) in [5, 5.41) is 3.18. The predicted molar refractivity (Wildman–Crippen MR) is 86.0 cm³/mol. The van der Waals surface area contributed by atoms with Gasteiger partial charge in [0.1, 0.15) is 11.0 Å². The summed E-state index contributed by atoms with van der Waals surface area (Å²) in [6, 6.07) is 8.71. The van der Waals surface area contributed by atoms with Gasteiger partial charge < -0.3 is 11.1 Å². The molecule has 106 valence electrons. The Morgan fingerprint density at radius 3 is 2.86 bits per heavy atom. The molecule has 1 aromatic heterocycles. The molecule has 0 radical (unpaired) electrons. The average Bonchev–Trinajstić information content (AvgIpc) is 2.90. The van der Waals surface area contributed by atoms with E-state index in [1.807, 2.05) is 13.0 Å². The van der Waals surface area contributed by atoms with Gasteiger partial charge in [0, 0.05) is 5.69 Å². The van der Waals surface area contributed by atoms with Crippen molar-refractivity contribution in [3.63, 3.8) is 0 Å². The largest absolute Gasteiger partial charge is 0.398 e. The summed E-state index contributed by atoms with van der Waals surface area (Å²) < 4.78 is 8.29. The highest BCUT2D eigenvalue weighted by atomic mass is 35.5. The zero-order valence-electron chi connectivity index (χ0n) is 11.1. The van der Waals surface area contributed by atoms with Gasteiger partial charge in [0.2, 0.25) is 0 Å². The Bertz CT molecular complexity index is 846. The van der Waals surface area contributed by atoms with E-state index in [4.69, 9.17) is 17.3 Å². The molecule has 3 N–H and O–H groups in total. The van der Waals surface area contributed by atoms with E-state index in [2.05, 4.69) is 14.1 Å². The number of nitrogen functional groups attached to an aromatic ring is 1. The number of rotatable bonds is 2. The van der Waals surface area contributed by atoms with Crippen LogP contribution < -0.4 is 11.1 Å². The van der Waals surface area contributed by atoms with E-state index in [0.29, 0.717) is 33.0 Å². The number of benzene rings is 2. The van der Waals surface area contributed by atoms with Gasteiger partial charge in [-0.25, -0.2) is 0 Å². The summed E-state index contributed by atoms with van der Waals surface area (Å²) >= 11 is 7.22. The van der Waals surface area contributed by atoms with Crippen molar-refractivity contribution in [3.05, 3.63) is 46.5 Å². The third-order valence-corrected chi connectivity index (χ3v) is 3.92. The lowest BCUT2D eigenvalue weighted by Gasteiger charge is -2.10. The van der Waals surface area contributed by atoms with Gasteiger partial charge in [0.05, 0.1) is 28.0 Å². The third-order valence-electron chi connectivity index (χ3n) is 3.07. The van der Waals surface area contributed by atoms with Crippen molar-refractivity contribution in [2.45, 2.75) is 6.92 Å². The van der Waals surface area contributed by atoms with Crippen LogP contribution in [0.5, 0.6) is 0 Å². The van der Waals surface area contributed by atoms with Crippen LogP contribution >= 0.6 is 23.3 Å². The number of fused-ring (bicyclic) bond motifs is 1. The van der Waals surface area contributed by atoms with Crippen LogP contribution in [-0.2, 0) is 0 Å². The fourth-order valence-corrected chi connectivity index (χ4v) is 2.76. The molecule has 2 aromatic carbocycles. The minimum atomic E-state index is -0.324. The zero-order valence-corrected chi connectivity index (χ0v) is 12.6. The Balaban J connectivity index is 2.00. The van der Waals surface area contributed by atoms with Crippen molar-refractivity contribution in [2.75, 3.05) is 11.1 Å². The van der Waals surface area contributed by atoms with Crippen LogP contribution in [0.25, 0.3) is 11.0 Å². The first-order valence-corrected chi connectivity index (χ1v) is 7.25. The quantitative estimate of drug-likeness (QED) is 0.709. The van der Waals surface area contributed by atoms with Crippen LogP contribution in [0.4, 0.5) is 11.4 Å². The van der Waals surface area contributed by atoms with Crippen molar-refractivity contribution >= 4 is 51.6 Å². The molecule has 7 heteroatoms. The second kappa shape index (κ2) is 5.31. The Kier molecular flexibility index (Phi) is 3.48. The van der Waals surface area contributed by atoms with Crippen LogP contribution in [0.15, 0.2) is 30.3 Å². The Morgan fingerprint density at radius 1 is 1.29 bits per heavy atom. The molecular weight excluding hydrogens is 308 g/mol. The summed E-state index contributed by atoms with van der Waals surface area (Å²) in [6.45, 7) is 1.91. The molecule has 0 fully saturated rings. The van der Waals surface area contributed by atoms with E-state index in [-0.39, 0.29) is 5.91 Å². The maximum absolute atomic E-state index is 12.4. The first kappa shape index (κ1) is 13.8. The smallest absolute Gasteiger partial charge is 0.257 e. The molecule has 1 heterocycles. The monoisotopic (exact) mass is 318 g/mol. The van der Waals surface area contributed by atoms with Crippen molar-refractivity contribution < 1.29 is 4.79 Å². The van der Waals surface area contributed by atoms with E-state index < -0.39 is 0 Å². The number of nitrogens with zero attached hydrogens (tertiary/aromatic N) is 2. The van der Waals surface area contributed by atoms with E-state index in [0.717, 1.165) is 17.3 Å². The van der Waals surface area contributed by atoms with Crippen molar-refractivity contribution in [3.8, 4) is 0 Å². The summed E-state index contributed by atoms with van der Waals surface area (Å²) in [5.74, 6) is -0.324. The zero-order chi connectivity index (χ0) is 15.0. The summed E-state index contributed by atoms with van der Waals surface area (Å²) in [6.07, 6.45) is 0. The molecule has 1 amide bonds. The van der Waals surface area contributed by atoms with E-state index in [9.17, 15) is 4.79 Å². The second-order valence-corrected chi connectivity index (χ2v) is 5.53. The molecule has 5 nitrogen and oxygen atoms in total. The van der Waals surface area contributed by atoms with Crippen molar-refractivity contribution in [1.82, 2.24) is 8.75 Å². The highest BCUT2D eigenvalue weighted by Crippen LogP contribution is 2.30. The number of amides is 1. The fraction of sp³-hybridized carbons (Fsp3) is 0.0714. The highest BCUT2D eigenvalue weighted by molar-refractivity contribution is 7.00. The minimum Gasteiger partial charge on any atom is -0.398 e. The number of aromatic nitrogens is 2. The average molecular weight is 319 g/mol. The maximum atomic E-state index is 12.4. The Labute approximate surface area is 130 Å². The summed E-state index contributed by atoms with van der Waals surface area (Å²) in [4.78, 5) is 12.4. The lowest BCUT2D eigenvalue weighted by atomic mass is 10.1. The number of aryl methyl sites for hydroxylation is 1. The van der Waals surface area contributed by atoms with Crippen LogP contribution in [0, 0.1) is 6.92 Å². The van der Waals surface area contributed by atoms with E-state index >= 15 is 0 Å². The van der Waals surface area contributed by atoms with Crippen molar-refractivity contribution in [2.24, 2.45) is 0 Å². The first-order valence-electron chi connectivity index (χ1n) is 6.14. The van der Waals surface area contributed by atoms with Gasteiger partial charge in [-0.1, -0.05) is 17.7 Å². The highest BCUT2D eigenvalue weighted by Gasteiger charge is 2.15. The SMILES string of the molecule is Cc1ccc(C(=O)Nc2c(Cl)ccc3nsnc23)c(N)c1. The van der Waals surface area contributed by atoms with Crippen LogP contribution in [0.2, 0.25) is 5.02 Å². The Hall–Kier alpha value is -2.18. The van der Waals surface area contributed by atoms with Crippen LogP contribution in [0.3, 0.4) is 0 Å². The van der Waals surface area contributed by atoms with E-state index in [1.165, 1.54) is 0 Å². The lowest BCUT2D eigenvalue weighted by Crippen LogP contribution is -2.14. The number of hydrogen-bond acceptors (Lipinski definition) is 5. The molecule has 0 unspecified atom stereocenters. The minimum absolute atomic E-state index is 0.324. The lowest BCUT2D eigenvalue weighted by molar-refractivity contribution is 0.102. The van der Waals surface area contributed by atoms with Crippen LogP contribution in [0.1, 0.15) is 15.9 Å². The molecule has 0 atom stereocenters. The molecule has 0 saturated heterocycles. The fourth-order valence-electron chi connectivity index (χ4n) is 2.02. The molecule has 0 spiro atoms. The molecule has 3 rings (SSSR count). The molecule has 0 aliphatic carbocycles. The maximum Gasteiger partial charge on any atom is 0.257 e. The summed E-state index contributed by atoms with van der Waals surface area (Å²) in [7, 11) is 0. The number of halogens is 1. The Morgan fingerprint density at radius 2 is 2.10 bits per heavy atom. The number of anilines is 2. The second-order valence-electron chi connectivity index (χ2n) is 4.60. The summed E-state index contributed by atoms with van der Waals surface area (Å²) in [5.41, 5.74) is 9.42. The number of carbonyl (C=O) groups excluding carboxylic acids is 1. The molecule has 3 aromatic rings. The van der Waals surface area contributed by atoms with Crippen LogP contribution in [-0.4, -0.2) is 14.7 Å². The van der Waals surface area contributed by atoms with Gasteiger partial charge >= 0.3 is 0 Å². The van der Waals surface area contributed by atoms with Crippen molar-refractivity contribution in [1.29, 1.82) is 0 Å². The number of hydrogen-bond donors (Lipinski definition) is 2. The van der Waals surface area contributed by atoms with Gasteiger partial charge in [0.25, 0.3) is 5.91 Å². The third kappa shape index (κ3) is 2.55. The topological polar surface area (TPSA) is 80.9 Å². The molecule has 0 aliphatic rings. The molecule has 0 bridgehead atoms. The van der Waals surface area contributed by atoms with Gasteiger partial charge in [-0.05, 0) is 36.8 Å². The molecular formula is C14H11ClN4OS. The first-order chi connectivity index (χ1) is 10.1. The number of carbonyl (C=O) groups is 1. The van der Waals surface area contributed by atoms with Gasteiger partial charge in [-0.3, -0.25) is 4.79 Å².